The van der Waals surface area contributed by atoms with Crippen LogP contribution in [0.1, 0.15) is 41.6 Å². The normalized spacial score (nSPS) is 12.4. The summed E-state index contributed by atoms with van der Waals surface area (Å²) < 4.78 is 1.15. The Balaban J connectivity index is 2.30. The fraction of sp³-hybridized carbons (Fsp3) is 0.368. The van der Waals surface area contributed by atoms with Crippen LogP contribution in [0.3, 0.4) is 0 Å². The van der Waals surface area contributed by atoms with Crippen molar-refractivity contribution in [3.8, 4) is 0 Å². The molecule has 2 aromatic carbocycles. The van der Waals surface area contributed by atoms with Crippen LogP contribution in [0.25, 0.3) is 0 Å². The van der Waals surface area contributed by atoms with E-state index < -0.39 is 0 Å². The molecule has 0 bridgehead atoms. The summed E-state index contributed by atoms with van der Waals surface area (Å²) >= 11 is 3.60. The molecule has 0 radical (unpaired) electrons. The monoisotopic (exact) mass is 345 g/mol. The first-order chi connectivity index (χ1) is 10.1. The first-order valence-electron chi connectivity index (χ1n) is 7.65. The molecule has 21 heavy (non-hydrogen) atoms. The Morgan fingerprint density at radius 3 is 2.52 bits per heavy atom. The predicted molar refractivity (Wildman–Crippen MR) is 94.8 cm³/mol. The van der Waals surface area contributed by atoms with E-state index in [0.717, 1.165) is 23.9 Å². The summed E-state index contributed by atoms with van der Waals surface area (Å²) in [5.41, 5.74) is 5.53. The molecule has 1 nitrogen and oxygen atoms in total. The molecule has 0 saturated heterocycles. The average molecular weight is 346 g/mol. The second-order valence-corrected chi connectivity index (χ2v) is 6.55. The van der Waals surface area contributed by atoms with Crippen molar-refractivity contribution in [2.45, 2.75) is 39.7 Å². The summed E-state index contributed by atoms with van der Waals surface area (Å²) in [6, 6.07) is 15.6. The van der Waals surface area contributed by atoms with Crippen LogP contribution < -0.4 is 5.32 Å². The van der Waals surface area contributed by atoms with Crippen LogP contribution in [0.5, 0.6) is 0 Å². The standard InChI is InChI=1S/C19H24BrN/c1-4-11-21-19(12-16-8-6-5-7-14(16)2)18-13-17(20)10-9-15(18)3/h5-10,13,19,21H,4,11-12H2,1-3H3. The van der Waals surface area contributed by atoms with Gasteiger partial charge in [0.15, 0.2) is 0 Å². The fourth-order valence-electron chi connectivity index (χ4n) is 2.66. The largest absolute Gasteiger partial charge is 0.310 e. The summed E-state index contributed by atoms with van der Waals surface area (Å²) in [7, 11) is 0. The Bertz CT molecular complexity index is 592. The van der Waals surface area contributed by atoms with Crippen molar-refractivity contribution in [2.75, 3.05) is 6.54 Å². The average Bonchev–Trinajstić information content (AvgIpc) is 2.48. The minimum atomic E-state index is 0.364. The first-order valence-corrected chi connectivity index (χ1v) is 8.45. The molecule has 1 N–H and O–H groups in total. The van der Waals surface area contributed by atoms with Gasteiger partial charge in [-0.25, -0.2) is 0 Å². The van der Waals surface area contributed by atoms with Gasteiger partial charge in [-0.05, 0) is 67.6 Å². The van der Waals surface area contributed by atoms with Gasteiger partial charge in [-0.2, -0.15) is 0 Å². The van der Waals surface area contributed by atoms with E-state index in [-0.39, 0.29) is 0 Å². The zero-order valence-electron chi connectivity index (χ0n) is 13.1. The van der Waals surface area contributed by atoms with Crippen LogP contribution in [0.4, 0.5) is 0 Å². The highest BCUT2D eigenvalue weighted by Crippen LogP contribution is 2.26. The van der Waals surface area contributed by atoms with Crippen molar-refractivity contribution in [3.05, 3.63) is 69.2 Å². The number of halogens is 1. The van der Waals surface area contributed by atoms with Gasteiger partial charge in [-0.1, -0.05) is 53.2 Å². The van der Waals surface area contributed by atoms with Crippen LogP contribution in [0.2, 0.25) is 0 Å². The number of nitrogens with one attached hydrogen (secondary N) is 1. The number of benzene rings is 2. The van der Waals surface area contributed by atoms with Gasteiger partial charge in [0.2, 0.25) is 0 Å². The van der Waals surface area contributed by atoms with E-state index >= 15 is 0 Å². The third kappa shape index (κ3) is 4.42. The topological polar surface area (TPSA) is 12.0 Å². The Labute approximate surface area is 136 Å². The van der Waals surface area contributed by atoms with Crippen molar-refractivity contribution in [2.24, 2.45) is 0 Å². The molecule has 2 rings (SSSR count). The van der Waals surface area contributed by atoms with E-state index in [1.807, 2.05) is 0 Å². The van der Waals surface area contributed by atoms with Gasteiger partial charge >= 0.3 is 0 Å². The van der Waals surface area contributed by atoms with Crippen molar-refractivity contribution < 1.29 is 0 Å². The van der Waals surface area contributed by atoms with Crippen molar-refractivity contribution in [3.63, 3.8) is 0 Å². The fourth-order valence-corrected chi connectivity index (χ4v) is 3.04. The van der Waals surface area contributed by atoms with Crippen molar-refractivity contribution in [1.82, 2.24) is 5.32 Å². The highest BCUT2D eigenvalue weighted by Gasteiger charge is 2.15. The molecule has 0 saturated carbocycles. The number of aryl methyl sites for hydroxylation is 2. The molecule has 0 aliphatic rings. The lowest BCUT2D eigenvalue weighted by Crippen LogP contribution is -2.25. The first kappa shape index (κ1) is 16.3. The van der Waals surface area contributed by atoms with Crippen LogP contribution >= 0.6 is 15.9 Å². The van der Waals surface area contributed by atoms with Crippen LogP contribution in [-0.2, 0) is 6.42 Å². The zero-order valence-corrected chi connectivity index (χ0v) is 14.7. The number of rotatable bonds is 6. The van der Waals surface area contributed by atoms with Gasteiger partial charge in [0, 0.05) is 10.5 Å². The Hall–Kier alpha value is -1.12. The SMILES string of the molecule is CCCNC(Cc1ccccc1C)c1cc(Br)ccc1C. The van der Waals surface area contributed by atoms with Gasteiger partial charge < -0.3 is 5.32 Å². The smallest absolute Gasteiger partial charge is 0.0363 e. The molecule has 0 spiro atoms. The molecule has 112 valence electrons. The molecule has 0 aliphatic heterocycles. The van der Waals surface area contributed by atoms with E-state index in [2.05, 4.69) is 84.5 Å². The van der Waals surface area contributed by atoms with E-state index in [9.17, 15) is 0 Å². The maximum absolute atomic E-state index is 3.71. The van der Waals surface area contributed by atoms with Gasteiger partial charge in [0.05, 0.1) is 0 Å². The van der Waals surface area contributed by atoms with E-state index in [1.165, 1.54) is 22.3 Å². The molecule has 0 heterocycles. The third-order valence-corrected chi connectivity index (χ3v) is 4.44. The molecule has 0 aliphatic carbocycles. The minimum absolute atomic E-state index is 0.364. The molecule has 0 amide bonds. The molecule has 1 unspecified atom stereocenters. The van der Waals surface area contributed by atoms with E-state index in [4.69, 9.17) is 0 Å². The predicted octanol–water partition coefficient (Wildman–Crippen LogP) is 5.35. The van der Waals surface area contributed by atoms with Crippen LogP contribution in [0, 0.1) is 13.8 Å². The molecular weight excluding hydrogens is 322 g/mol. The lowest BCUT2D eigenvalue weighted by Gasteiger charge is -2.22. The summed E-state index contributed by atoms with van der Waals surface area (Å²) in [6.45, 7) is 7.65. The molecular formula is C19H24BrN. The molecule has 2 aromatic rings. The Morgan fingerprint density at radius 1 is 1.05 bits per heavy atom. The van der Waals surface area contributed by atoms with E-state index in [1.54, 1.807) is 0 Å². The number of hydrogen-bond donors (Lipinski definition) is 1. The maximum atomic E-state index is 3.71. The summed E-state index contributed by atoms with van der Waals surface area (Å²) in [4.78, 5) is 0. The Kier molecular flexibility index (Phi) is 6.01. The molecule has 0 fully saturated rings. The van der Waals surface area contributed by atoms with Crippen LogP contribution in [-0.4, -0.2) is 6.54 Å². The lowest BCUT2D eigenvalue weighted by molar-refractivity contribution is 0.526. The Morgan fingerprint density at radius 2 is 1.81 bits per heavy atom. The zero-order chi connectivity index (χ0) is 15.2. The highest BCUT2D eigenvalue weighted by atomic mass is 79.9. The van der Waals surface area contributed by atoms with Gasteiger partial charge in [0.1, 0.15) is 0 Å². The maximum Gasteiger partial charge on any atom is 0.0363 e. The number of hydrogen-bond acceptors (Lipinski definition) is 1. The third-order valence-electron chi connectivity index (χ3n) is 3.94. The van der Waals surface area contributed by atoms with Gasteiger partial charge in [0.25, 0.3) is 0 Å². The van der Waals surface area contributed by atoms with Gasteiger partial charge in [-0.3, -0.25) is 0 Å². The van der Waals surface area contributed by atoms with Crippen LogP contribution in [0.15, 0.2) is 46.9 Å². The highest BCUT2D eigenvalue weighted by molar-refractivity contribution is 9.10. The quantitative estimate of drug-likeness (QED) is 0.743. The summed E-state index contributed by atoms with van der Waals surface area (Å²) in [6.07, 6.45) is 2.18. The second-order valence-electron chi connectivity index (χ2n) is 5.64. The minimum Gasteiger partial charge on any atom is -0.310 e. The van der Waals surface area contributed by atoms with E-state index in [0.29, 0.717) is 6.04 Å². The molecule has 0 aromatic heterocycles. The van der Waals surface area contributed by atoms with Crippen molar-refractivity contribution >= 4 is 15.9 Å². The second kappa shape index (κ2) is 7.77. The summed E-state index contributed by atoms with van der Waals surface area (Å²) in [5, 5.41) is 3.71. The summed E-state index contributed by atoms with van der Waals surface area (Å²) in [5.74, 6) is 0. The molecule has 2 heteroatoms. The lowest BCUT2D eigenvalue weighted by atomic mass is 9.93. The molecule has 1 atom stereocenters. The van der Waals surface area contributed by atoms with Gasteiger partial charge in [-0.15, -0.1) is 0 Å². The van der Waals surface area contributed by atoms with Crippen molar-refractivity contribution in [1.29, 1.82) is 0 Å².